The Labute approximate surface area is 271 Å². The number of nitrogens with zero attached hydrogens (tertiary/aromatic N) is 5. The normalized spacial score (nSPS) is 17.2. The zero-order valence-corrected chi connectivity index (χ0v) is 26.6. The summed E-state index contributed by atoms with van der Waals surface area (Å²) in [5.74, 6) is -0.276. The molecule has 2 saturated heterocycles. The third kappa shape index (κ3) is 7.76. The van der Waals surface area contributed by atoms with E-state index in [4.69, 9.17) is 9.57 Å². The summed E-state index contributed by atoms with van der Waals surface area (Å²) in [6.45, 7) is 11.7. The van der Waals surface area contributed by atoms with E-state index >= 15 is 0 Å². The van der Waals surface area contributed by atoms with Gasteiger partial charge >= 0.3 is 6.18 Å². The van der Waals surface area contributed by atoms with Gasteiger partial charge in [-0.15, -0.1) is 0 Å². The van der Waals surface area contributed by atoms with E-state index in [0.717, 1.165) is 56.8 Å². The van der Waals surface area contributed by atoms with Crippen molar-refractivity contribution in [2.24, 2.45) is 0 Å². The van der Waals surface area contributed by atoms with E-state index in [0.29, 0.717) is 41.5 Å². The number of amides is 1. The van der Waals surface area contributed by atoms with Crippen LogP contribution in [0.2, 0.25) is 0 Å². The molecular weight excluding hydrogens is 618 g/mol. The minimum atomic E-state index is -4.70. The van der Waals surface area contributed by atoms with Crippen LogP contribution >= 0.6 is 0 Å². The number of halogens is 4. The van der Waals surface area contributed by atoms with Crippen molar-refractivity contribution in [1.29, 1.82) is 0 Å². The molecule has 1 atom stereocenters. The van der Waals surface area contributed by atoms with E-state index in [9.17, 15) is 22.4 Å². The summed E-state index contributed by atoms with van der Waals surface area (Å²) in [6, 6.07) is 7.43. The summed E-state index contributed by atoms with van der Waals surface area (Å²) < 4.78 is 60.2. The zero-order chi connectivity index (χ0) is 33.7. The minimum Gasteiger partial charge on any atom is -0.494 e. The number of piperidine rings is 1. The number of carbonyl (C=O) groups is 1. The molecule has 2 fully saturated rings. The van der Waals surface area contributed by atoms with Crippen molar-refractivity contribution in [2.45, 2.75) is 51.4 Å². The summed E-state index contributed by atoms with van der Waals surface area (Å²) in [5, 5.41) is 7.49. The summed E-state index contributed by atoms with van der Waals surface area (Å²) >= 11 is 0. The Bertz CT molecular complexity index is 1580. The molecule has 0 aliphatic carbocycles. The fourth-order valence-corrected chi connectivity index (χ4v) is 6.23. The number of ether oxygens (including phenoxy) is 1. The Hall–Kier alpha value is -4.43. The van der Waals surface area contributed by atoms with Crippen LogP contribution in [0.5, 0.6) is 5.75 Å². The molecule has 2 aliphatic rings. The first-order valence-electron chi connectivity index (χ1n) is 15.6. The van der Waals surface area contributed by atoms with E-state index in [1.165, 1.54) is 17.5 Å². The second-order valence-corrected chi connectivity index (χ2v) is 11.3. The average Bonchev–Trinajstić information content (AvgIpc) is 3.56. The van der Waals surface area contributed by atoms with Gasteiger partial charge in [0, 0.05) is 37.7 Å². The van der Waals surface area contributed by atoms with Gasteiger partial charge in [-0.05, 0) is 61.8 Å². The first-order chi connectivity index (χ1) is 22.5. The van der Waals surface area contributed by atoms with Crippen molar-refractivity contribution in [3.8, 4) is 5.75 Å². The monoisotopic (exact) mass is 657 g/mol. The van der Waals surface area contributed by atoms with Crippen LogP contribution in [0.25, 0.3) is 0 Å². The Morgan fingerprint density at radius 2 is 1.83 bits per heavy atom. The lowest BCUT2D eigenvalue weighted by Crippen LogP contribution is -2.45. The van der Waals surface area contributed by atoms with E-state index in [1.54, 1.807) is 19.2 Å². The number of anilines is 5. The smallest absolute Gasteiger partial charge is 0.416 e. The molecule has 5 rings (SSSR count). The van der Waals surface area contributed by atoms with Crippen LogP contribution in [0.3, 0.4) is 0 Å². The van der Waals surface area contributed by atoms with Gasteiger partial charge < -0.3 is 25.2 Å². The van der Waals surface area contributed by atoms with Crippen molar-refractivity contribution in [3.63, 3.8) is 0 Å². The molecule has 10 nitrogen and oxygen atoms in total. The molecule has 0 radical (unpaired) electrons. The van der Waals surface area contributed by atoms with Gasteiger partial charge in [-0.1, -0.05) is 20.4 Å². The zero-order valence-electron chi connectivity index (χ0n) is 26.6. The van der Waals surface area contributed by atoms with Crippen LogP contribution in [0.1, 0.15) is 50.3 Å². The van der Waals surface area contributed by atoms with Crippen LogP contribution in [0, 0.1) is 5.82 Å². The average molecular weight is 658 g/mol. The van der Waals surface area contributed by atoms with Crippen molar-refractivity contribution in [1.82, 2.24) is 14.9 Å². The van der Waals surface area contributed by atoms with Crippen LogP contribution in [0.15, 0.2) is 55.4 Å². The van der Waals surface area contributed by atoms with Crippen LogP contribution < -0.4 is 25.3 Å². The maximum absolute atomic E-state index is 14.2. The lowest BCUT2D eigenvalue weighted by Gasteiger charge is -2.39. The number of benzene rings is 2. The highest BCUT2D eigenvalue weighted by atomic mass is 19.4. The summed E-state index contributed by atoms with van der Waals surface area (Å²) in [4.78, 5) is 31.5. The third-order valence-corrected chi connectivity index (χ3v) is 8.57. The third-order valence-electron chi connectivity index (χ3n) is 8.57. The highest BCUT2D eigenvalue weighted by Gasteiger charge is 2.35. The summed E-state index contributed by atoms with van der Waals surface area (Å²) in [7, 11) is 1.54. The lowest BCUT2D eigenvalue weighted by atomic mass is 10.0. The second-order valence-electron chi connectivity index (χ2n) is 11.3. The Balaban J connectivity index is 1.41. The Kier molecular flexibility index (Phi) is 10.5. The molecule has 1 aromatic heterocycles. The number of alkyl halides is 3. The standard InChI is InChI=1S/C33H39F4N7O3/c1-5-32(45)41-25-17-26(29(46-4)18-28(25)43-11-8-24(9-12-43)42(6-2)7-3)40-30-19-31(39-20-38-30)44-27(10-13-47-44)21-14-22(33(35,36)37)16-23(34)15-21/h5,14-20,24,27H,1,6-13H2,2-4H3,(H,41,45)(H,38,39,40)/t27-/m1/s1. The molecule has 47 heavy (non-hydrogen) atoms. The second kappa shape index (κ2) is 14.6. The molecule has 2 N–H and O–H groups in total. The number of rotatable bonds is 11. The van der Waals surface area contributed by atoms with Crippen molar-refractivity contribution in [2.75, 3.05) is 60.5 Å². The number of hydrogen-bond acceptors (Lipinski definition) is 9. The van der Waals surface area contributed by atoms with E-state index in [2.05, 4.69) is 50.8 Å². The topological polar surface area (TPSA) is 95.1 Å². The highest BCUT2D eigenvalue weighted by molar-refractivity contribution is 6.02. The van der Waals surface area contributed by atoms with Crippen LogP contribution in [0.4, 0.5) is 46.3 Å². The lowest BCUT2D eigenvalue weighted by molar-refractivity contribution is -0.137. The van der Waals surface area contributed by atoms with Gasteiger partial charge in [0.25, 0.3) is 0 Å². The predicted octanol–water partition coefficient (Wildman–Crippen LogP) is 6.70. The minimum absolute atomic E-state index is 0.115. The van der Waals surface area contributed by atoms with E-state index in [-0.39, 0.29) is 23.9 Å². The van der Waals surface area contributed by atoms with Crippen LogP contribution in [-0.2, 0) is 15.8 Å². The van der Waals surface area contributed by atoms with Gasteiger partial charge in [-0.25, -0.2) is 19.4 Å². The first kappa shape index (κ1) is 33.9. The van der Waals surface area contributed by atoms with Gasteiger partial charge in [0.2, 0.25) is 5.91 Å². The van der Waals surface area contributed by atoms with E-state index < -0.39 is 23.6 Å². The molecular formula is C33H39F4N7O3. The van der Waals surface area contributed by atoms with Gasteiger partial charge in [-0.3, -0.25) is 9.63 Å². The predicted molar refractivity (Wildman–Crippen MR) is 172 cm³/mol. The first-order valence-corrected chi connectivity index (χ1v) is 15.6. The molecule has 2 aliphatic heterocycles. The largest absolute Gasteiger partial charge is 0.494 e. The van der Waals surface area contributed by atoms with Crippen LogP contribution in [-0.4, -0.2) is 66.7 Å². The Morgan fingerprint density at radius 1 is 1.09 bits per heavy atom. The molecule has 0 unspecified atom stereocenters. The number of methoxy groups -OCH3 is 1. The molecule has 1 amide bonds. The molecule has 0 saturated carbocycles. The number of carbonyl (C=O) groups excluding carboxylic acids is 1. The molecule has 0 bridgehead atoms. The SMILES string of the molecule is C=CC(=O)Nc1cc(Nc2cc(N3OCC[C@@H]3c3cc(F)cc(C(F)(F)F)c3)ncn2)c(OC)cc1N1CCC(N(CC)CC)CC1. The molecule has 14 heteroatoms. The fourth-order valence-electron chi connectivity index (χ4n) is 6.23. The van der Waals surface area contributed by atoms with Gasteiger partial charge in [0.1, 0.15) is 23.7 Å². The quantitative estimate of drug-likeness (QED) is 0.173. The highest BCUT2D eigenvalue weighted by Crippen LogP contribution is 2.41. The molecule has 3 heterocycles. The summed E-state index contributed by atoms with van der Waals surface area (Å²) in [6.07, 6.45) is 0.0664. The maximum atomic E-state index is 14.2. The van der Waals surface area contributed by atoms with Crippen molar-refractivity contribution >= 4 is 34.6 Å². The maximum Gasteiger partial charge on any atom is 0.416 e. The van der Waals surface area contributed by atoms with Crippen molar-refractivity contribution in [3.05, 3.63) is 72.3 Å². The van der Waals surface area contributed by atoms with Gasteiger partial charge in [-0.2, -0.15) is 13.2 Å². The number of hydroxylamine groups is 1. The molecule has 0 spiro atoms. The summed E-state index contributed by atoms with van der Waals surface area (Å²) in [5.41, 5.74) is 0.905. The molecule has 252 valence electrons. The van der Waals surface area contributed by atoms with Crippen molar-refractivity contribution < 1.29 is 31.9 Å². The number of nitrogens with one attached hydrogen (secondary N) is 2. The molecule has 3 aromatic rings. The van der Waals surface area contributed by atoms with Gasteiger partial charge in [0.05, 0.1) is 42.4 Å². The molecule has 2 aromatic carbocycles. The fraction of sp³-hybridized carbons (Fsp3) is 0.424. The Morgan fingerprint density at radius 3 is 2.49 bits per heavy atom. The number of hydrogen-bond donors (Lipinski definition) is 2. The number of aromatic nitrogens is 2. The van der Waals surface area contributed by atoms with Gasteiger partial charge in [0.15, 0.2) is 5.82 Å². The van der Waals surface area contributed by atoms with E-state index in [1.807, 2.05) is 6.07 Å².